The molecule has 0 saturated carbocycles. The number of aromatic nitrogens is 1. The molecular weight excluding hydrogens is 266 g/mol. The van der Waals surface area contributed by atoms with E-state index >= 15 is 0 Å². The van der Waals surface area contributed by atoms with Crippen molar-refractivity contribution in [3.8, 4) is 0 Å². The van der Waals surface area contributed by atoms with Gasteiger partial charge in [-0.05, 0) is 31.8 Å². The quantitative estimate of drug-likeness (QED) is 0.815. The molecule has 2 heterocycles. The number of rotatable bonds is 4. The number of piperidine rings is 1. The van der Waals surface area contributed by atoms with Gasteiger partial charge in [-0.15, -0.1) is 0 Å². The summed E-state index contributed by atoms with van der Waals surface area (Å²) >= 11 is 1.25. The van der Waals surface area contributed by atoms with E-state index in [2.05, 4.69) is 15.0 Å². The Morgan fingerprint density at radius 2 is 2.42 bits per heavy atom. The lowest BCUT2D eigenvalue weighted by molar-refractivity contribution is -0.122. The minimum Gasteiger partial charge on any atom is -0.462 e. The Morgan fingerprint density at radius 3 is 3.05 bits per heavy atom. The Balaban J connectivity index is 2.08. The molecule has 1 aliphatic heterocycles. The van der Waals surface area contributed by atoms with Gasteiger partial charge in [-0.3, -0.25) is 4.79 Å². The third-order valence-corrected chi connectivity index (χ3v) is 3.81. The highest BCUT2D eigenvalue weighted by atomic mass is 32.1. The smallest absolute Gasteiger partial charge is 0.343 e. The summed E-state index contributed by atoms with van der Waals surface area (Å²) in [5.41, 5.74) is 1.18. The van der Waals surface area contributed by atoms with E-state index in [1.165, 1.54) is 11.5 Å². The molecule has 0 bridgehead atoms. The van der Waals surface area contributed by atoms with Gasteiger partial charge in [0, 0.05) is 19.0 Å². The normalized spacial score (nSPS) is 18.8. The molecule has 2 N–H and O–H groups in total. The van der Waals surface area contributed by atoms with Gasteiger partial charge in [-0.1, -0.05) is 0 Å². The third kappa shape index (κ3) is 3.23. The fourth-order valence-corrected chi connectivity index (χ4v) is 2.81. The molecule has 0 aliphatic carbocycles. The van der Waals surface area contributed by atoms with Crippen molar-refractivity contribution in [1.29, 1.82) is 0 Å². The average Bonchev–Trinajstić information content (AvgIpc) is 2.74. The van der Waals surface area contributed by atoms with Gasteiger partial charge < -0.3 is 15.4 Å². The van der Waals surface area contributed by atoms with E-state index in [0.717, 1.165) is 11.4 Å². The molecular formula is C12H17N3O3S. The second kappa shape index (κ2) is 6.01. The molecule has 7 heteroatoms. The molecule has 1 unspecified atom stereocenters. The van der Waals surface area contributed by atoms with Crippen LogP contribution in [0, 0.1) is 6.92 Å². The largest absolute Gasteiger partial charge is 0.462 e. The molecule has 6 nitrogen and oxygen atoms in total. The first kappa shape index (κ1) is 13.8. The lowest BCUT2D eigenvalue weighted by Crippen LogP contribution is -2.41. The highest BCUT2D eigenvalue weighted by Gasteiger charge is 2.24. The Hall–Kier alpha value is -1.63. The number of hydrogen-bond acceptors (Lipinski definition) is 6. The van der Waals surface area contributed by atoms with E-state index in [-0.39, 0.29) is 17.9 Å². The van der Waals surface area contributed by atoms with Gasteiger partial charge in [0.15, 0.2) is 0 Å². The van der Waals surface area contributed by atoms with E-state index in [1.807, 2.05) is 0 Å². The fourth-order valence-electron chi connectivity index (χ4n) is 1.95. The molecule has 1 atom stereocenters. The molecule has 1 aromatic heterocycles. The van der Waals surface area contributed by atoms with Crippen LogP contribution in [0.3, 0.4) is 0 Å². The Kier molecular flexibility index (Phi) is 4.36. The van der Waals surface area contributed by atoms with Crippen molar-refractivity contribution in [2.24, 2.45) is 0 Å². The van der Waals surface area contributed by atoms with Crippen molar-refractivity contribution >= 4 is 28.4 Å². The summed E-state index contributed by atoms with van der Waals surface area (Å²) < 4.78 is 9.22. The minimum atomic E-state index is -0.351. The maximum atomic E-state index is 11.9. The molecule has 2 rings (SSSR count). The highest BCUT2D eigenvalue weighted by Crippen LogP contribution is 2.27. The topological polar surface area (TPSA) is 80.3 Å². The zero-order valence-electron chi connectivity index (χ0n) is 11.0. The highest BCUT2D eigenvalue weighted by molar-refractivity contribution is 7.10. The number of amides is 1. The molecule has 1 fully saturated rings. The summed E-state index contributed by atoms with van der Waals surface area (Å²) in [4.78, 5) is 23.0. The summed E-state index contributed by atoms with van der Waals surface area (Å²) in [7, 11) is 0. The zero-order valence-corrected chi connectivity index (χ0v) is 11.8. The minimum absolute atomic E-state index is 0.0733. The van der Waals surface area contributed by atoms with Crippen molar-refractivity contribution in [1.82, 2.24) is 9.69 Å². The molecule has 0 spiro atoms. The predicted octanol–water partition coefficient (Wildman–Crippen LogP) is 1.32. The molecule has 1 saturated heterocycles. The average molecular weight is 283 g/mol. The molecule has 1 amide bonds. The van der Waals surface area contributed by atoms with Crippen LogP contribution >= 0.6 is 11.5 Å². The van der Waals surface area contributed by atoms with Gasteiger partial charge in [0.2, 0.25) is 5.91 Å². The number of anilines is 1. The molecule has 0 radical (unpaired) electrons. The van der Waals surface area contributed by atoms with Crippen LogP contribution in [0.5, 0.6) is 0 Å². The molecule has 104 valence electrons. The standard InChI is InChI=1S/C12H17N3O3S/c1-3-18-12(17)10-7(2)15-19-11(10)14-8-4-5-9(16)13-6-8/h8,14H,3-6H2,1-2H3,(H,13,16). The van der Waals surface area contributed by atoms with Crippen molar-refractivity contribution in [2.45, 2.75) is 32.7 Å². The van der Waals surface area contributed by atoms with Gasteiger partial charge >= 0.3 is 5.97 Å². The molecule has 0 aromatic carbocycles. The second-order valence-corrected chi connectivity index (χ2v) is 5.15. The van der Waals surface area contributed by atoms with Crippen molar-refractivity contribution < 1.29 is 14.3 Å². The van der Waals surface area contributed by atoms with Crippen LogP contribution < -0.4 is 10.6 Å². The van der Waals surface area contributed by atoms with Gasteiger partial charge in [-0.25, -0.2) is 4.79 Å². The Labute approximate surface area is 115 Å². The monoisotopic (exact) mass is 283 g/mol. The number of carbonyl (C=O) groups excluding carboxylic acids is 2. The van der Waals surface area contributed by atoms with E-state index in [0.29, 0.717) is 30.8 Å². The van der Waals surface area contributed by atoms with Crippen LogP contribution in [0.15, 0.2) is 0 Å². The summed E-state index contributed by atoms with van der Waals surface area (Å²) in [6, 6.07) is 0.130. The third-order valence-electron chi connectivity index (χ3n) is 2.94. The summed E-state index contributed by atoms with van der Waals surface area (Å²) in [5, 5.41) is 6.79. The van der Waals surface area contributed by atoms with Crippen LogP contribution in [-0.2, 0) is 9.53 Å². The number of hydrogen-bond donors (Lipinski definition) is 2. The zero-order chi connectivity index (χ0) is 13.8. The molecule has 19 heavy (non-hydrogen) atoms. The number of nitrogens with zero attached hydrogens (tertiary/aromatic N) is 1. The summed E-state index contributed by atoms with van der Waals surface area (Å²) in [5.74, 6) is -0.278. The lowest BCUT2D eigenvalue weighted by Gasteiger charge is -2.23. The maximum absolute atomic E-state index is 11.9. The number of nitrogens with one attached hydrogen (secondary N) is 2. The van der Waals surface area contributed by atoms with E-state index < -0.39 is 0 Å². The van der Waals surface area contributed by atoms with Crippen molar-refractivity contribution in [2.75, 3.05) is 18.5 Å². The van der Waals surface area contributed by atoms with E-state index in [1.54, 1.807) is 13.8 Å². The van der Waals surface area contributed by atoms with Gasteiger partial charge in [0.25, 0.3) is 0 Å². The van der Waals surface area contributed by atoms with Crippen molar-refractivity contribution in [3.63, 3.8) is 0 Å². The first-order valence-corrected chi connectivity index (χ1v) is 7.05. The van der Waals surface area contributed by atoms with Gasteiger partial charge in [-0.2, -0.15) is 4.37 Å². The van der Waals surface area contributed by atoms with Crippen LogP contribution in [0.25, 0.3) is 0 Å². The van der Waals surface area contributed by atoms with Crippen LogP contribution in [0.1, 0.15) is 35.8 Å². The van der Waals surface area contributed by atoms with Gasteiger partial charge in [0.05, 0.1) is 12.3 Å². The number of ether oxygens (including phenoxy) is 1. The predicted molar refractivity (Wildman–Crippen MR) is 72.5 cm³/mol. The SMILES string of the molecule is CCOC(=O)c1c(C)nsc1NC1CCC(=O)NC1. The van der Waals surface area contributed by atoms with Crippen molar-refractivity contribution in [3.05, 3.63) is 11.3 Å². The second-order valence-electron chi connectivity index (χ2n) is 4.38. The van der Waals surface area contributed by atoms with Crippen LogP contribution in [0.4, 0.5) is 5.00 Å². The maximum Gasteiger partial charge on any atom is 0.343 e. The molecule has 1 aliphatic rings. The summed E-state index contributed by atoms with van der Waals surface area (Å²) in [6.07, 6.45) is 1.26. The Morgan fingerprint density at radius 1 is 1.63 bits per heavy atom. The van der Waals surface area contributed by atoms with E-state index in [4.69, 9.17) is 4.74 Å². The lowest BCUT2D eigenvalue weighted by atomic mass is 10.1. The number of aryl methyl sites for hydroxylation is 1. The van der Waals surface area contributed by atoms with Gasteiger partial charge in [0.1, 0.15) is 10.6 Å². The van der Waals surface area contributed by atoms with E-state index in [9.17, 15) is 9.59 Å². The number of carbonyl (C=O) groups is 2. The molecule has 1 aromatic rings. The first-order valence-electron chi connectivity index (χ1n) is 6.28. The fraction of sp³-hybridized carbons (Fsp3) is 0.583. The summed E-state index contributed by atoms with van der Waals surface area (Å²) in [6.45, 7) is 4.47. The Bertz CT molecular complexity index is 477. The van der Waals surface area contributed by atoms with Crippen LogP contribution in [0.2, 0.25) is 0 Å². The first-order chi connectivity index (χ1) is 9.11. The van der Waals surface area contributed by atoms with Crippen LogP contribution in [-0.4, -0.2) is 35.4 Å². The number of esters is 1.